The molecular weight excluding hydrogens is 410 g/mol. The molecule has 3 aromatic rings. The Hall–Kier alpha value is -3.15. The van der Waals surface area contributed by atoms with Crippen molar-refractivity contribution in [3.63, 3.8) is 0 Å². The second-order valence-electron chi connectivity index (χ2n) is 9.30. The number of benzene rings is 2. The highest BCUT2D eigenvalue weighted by Gasteiger charge is 2.23. The molecule has 0 spiro atoms. The molecule has 1 aliphatic carbocycles. The summed E-state index contributed by atoms with van der Waals surface area (Å²) in [4.78, 5) is 24.1. The maximum Gasteiger partial charge on any atom is 0.251 e. The van der Waals surface area contributed by atoms with Crippen molar-refractivity contribution in [1.82, 2.24) is 15.3 Å². The summed E-state index contributed by atoms with van der Waals surface area (Å²) in [6.45, 7) is 2.90. The molecule has 1 aromatic heterocycles. The van der Waals surface area contributed by atoms with E-state index in [1.165, 1.54) is 5.56 Å². The summed E-state index contributed by atoms with van der Waals surface area (Å²) in [6.07, 6.45) is 6.45. The van der Waals surface area contributed by atoms with Crippen LogP contribution >= 0.6 is 0 Å². The van der Waals surface area contributed by atoms with E-state index in [0.717, 1.165) is 67.4 Å². The third-order valence-corrected chi connectivity index (χ3v) is 6.49. The van der Waals surface area contributed by atoms with Gasteiger partial charge < -0.3 is 15.5 Å². The number of carbonyl (C=O) groups excluding carboxylic acids is 1. The zero-order valence-electron chi connectivity index (χ0n) is 20.0. The highest BCUT2D eigenvalue weighted by molar-refractivity contribution is 5.94. The number of aromatic nitrogens is 2. The normalized spacial score (nSPS) is 18.2. The van der Waals surface area contributed by atoms with Crippen LogP contribution in [0.1, 0.15) is 54.9 Å². The van der Waals surface area contributed by atoms with Crippen molar-refractivity contribution >= 4 is 28.6 Å². The molecule has 174 valence electrons. The van der Waals surface area contributed by atoms with Crippen molar-refractivity contribution in [2.24, 2.45) is 5.92 Å². The summed E-state index contributed by atoms with van der Waals surface area (Å²) in [5.74, 6) is 2.17. The molecule has 1 aliphatic rings. The first-order valence-corrected chi connectivity index (χ1v) is 12.1. The van der Waals surface area contributed by atoms with E-state index in [9.17, 15) is 4.79 Å². The Balaban J connectivity index is 1.28. The van der Waals surface area contributed by atoms with Crippen molar-refractivity contribution in [3.05, 3.63) is 59.7 Å². The first kappa shape index (κ1) is 23.0. The van der Waals surface area contributed by atoms with Gasteiger partial charge in [-0.05, 0) is 67.9 Å². The van der Waals surface area contributed by atoms with E-state index in [2.05, 4.69) is 35.8 Å². The molecule has 0 radical (unpaired) electrons. The van der Waals surface area contributed by atoms with Crippen molar-refractivity contribution in [2.75, 3.05) is 30.9 Å². The molecule has 1 saturated carbocycles. The molecule has 1 heterocycles. The molecule has 0 saturated heterocycles. The molecule has 2 aromatic carbocycles. The summed E-state index contributed by atoms with van der Waals surface area (Å²) < 4.78 is 0. The van der Waals surface area contributed by atoms with E-state index < -0.39 is 0 Å². The van der Waals surface area contributed by atoms with Gasteiger partial charge in [-0.2, -0.15) is 4.98 Å². The zero-order valence-corrected chi connectivity index (χ0v) is 20.0. The van der Waals surface area contributed by atoms with Crippen molar-refractivity contribution in [2.45, 2.75) is 51.5 Å². The first-order chi connectivity index (χ1) is 16.0. The van der Waals surface area contributed by atoms with E-state index in [-0.39, 0.29) is 5.91 Å². The fourth-order valence-corrected chi connectivity index (χ4v) is 4.61. The molecule has 0 atom stereocenters. The van der Waals surface area contributed by atoms with Crippen LogP contribution in [0.5, 0.6) is 0 Å². The van der Waals surface area contributed by atoms with Crippen LogP contribution in [0.15, 0.2) is 48.5 Å². The lowest BCUT2D eigenvalue weighted by molar-refractivity contribution is 0.0943. The Morgan fingerprint density at radius 1 is 1.00 bits per heavy atom. The van der Waals surface area contributed by atoms with Gasteiger partial charge in [0.15, 0.2) is 0 Å². The van der Waals surface area contributed by atoms with Crippen LogP contribution in [0.2, 0.25) is 0 Å². The van der Waals surface area contributed by atoms with Gasteiger partial charge in [-0.1, -0.05) is 37.6 Å². The number of aryl methyl sites for hydroxylation is 1. The summed E-state index contributed by atoms with van der Waals surface area (Å²) in [5.41, 5.74) is 2.99. The smallest absolute Gasteiger partial charge is 0.251 e. The van der Waals surface area contributed by atoms with Crippen molar-refractivity contribution < 1.29 is 4.79 Å². The van der Waals surface area contributed by atoms with Crippen LogP contribution in [0, 0.1) is 5.92 Å². The first-order valence-electron chi connectivity index (χ1n) is 12.1. The Kier molecular flexibility index (Phi) is 7.43. The van der Waals surface area contributed by atoms with Crippen molar-refractivity contribution in [3.8, 4) is 0 Å². The second-order valence-corrected chi connectivity index (χ2v) is 9.30. The van der Waals surface area contributed by atoms with Crippen LogP contribution in [0.25, 0.3) is 10.9 Å². The third kappa shape index (κ3) is 5.81. The highest BCUT2D eigenvalue weighted by Crippen LogP contribution is 2.28. The minimum Gasteiger partial charge on any atom is -0.362 e. The maximum atomic E-state index is 12.5. The molecular formula is C27H35N5O. The largest absolute Gasteiger partial charge is 0.362 e. The van der Waals surface area contributed by atoms with Gasteiger partial charge in [0.1, 0.15) is 5.82 Å². The minimum absolute atomic E-state index is 0.0269. The molecule has 6 heteroatoms. The second kappa shape index (κ2) is 10.6. The fourth-order valence-electron chi connectivity index (χ4n) is 4.61. The number of nitrogens with one attached hydrogen (secondary N) is 2. The predicted molar refractivity (Wildman–Crippen MR) is 136 cm³/mol. The minimum atomic E-state index is 0.0269. The van der Waals surface area contributed by atoms with Crippen LogP contribution in [0.3, 0.4) is 0 Å². The number of para-hydroxylation sites is 1. The third-order valence-electron chi connectivity index (χ3n) is 6.49. The molecule has 6 nitrogen and oxygen atoms in total. The number of fused-ring (bicyclic) bond motifs is 1. The van der Waals surface area contributed by atoms with E-state index in [0.29, 0.717) is 17.9 Å². The average molecular weight is 446 g/mol. The quantitative estimate of drug-likeness (QED) is 0.508. The molecule has 0 bridgehead atoms. The van der Waals surface area contributed by atoms with Gasteiger partial charge in [0.25, 0.3) is 5.91 Å². The molecule has 4 rings (SSSR count). The van der Waals surface area contributed by atoms with Gasteiger partial charge in [-0.3, -0.25) is 4.79 Å². The SMILES string of the molecule is CCCc1ccc(C(=O)NCC2CCC(Nc3nc(N(C)C)c4ccccc4n3)CC2)cc1. The number of nitrogens with zero attached hydrogens (tertiary/aromatic N) is 3. The summed E-state index contributed by atoms with van der Waals surface area (Å²) in [6, 6.07) is 16.5. The molecule has 1 fully saturated rings. The standard InChI is InChI=1S/C27H35N5O/c1-4-7-19-10-14-21(15-11-19)26(33)28-18-20-12-16-22(17-13-20)29-27-30-24-9-6-5-8-23(24)25(31-27)32(2)3/h5-6,8-11,14-15,20,22H,4,7,12-13,16-18H2,1-3H3,(H,28,33)(H,29,30,31). The number of amides is 1. The Morgan fingerprint density at radius 3 is 2.42 bits per heavy atom. The predicted octanol–water partition coefficient (Wildman–Crippen LogP) is 5.05. The number of hydrogen-bond donors (Lipinski definition) is 2. The molecule has 1 amide bonds. The molecule has 0 aliphatic heterocycles. The van der Waals surface area contributed by atoms with Gasteiger partial charge in [-0.25, -0.2) is 4.98 Å². The Morgan fingerprint density at radius 2 is 1.73 bits per heavy atom. The van der Waals surface area contributed by atoms with Crippen LogP contribution in [-0.2, 0) is 6.42 Å². The van der Waals surface area contributed by atoms with Gasteiger partial charge >= 0.3 is 0 Å². The van der Waals surface area contributed by atoms with E-state index in [1.807, 2.05) is 49.3 Å². The number of rotatable bonds is 8. The lowest BCUT2D eigenvalue weighted by atomic mass is 9.86. The fraction of sp³-hybridized carbons (Fsp3) is 0.444. The number of carbonyl (C=O) groups is 1. The molecule has 2 N–H and O–H groups in total. The van der Waals surface area contributed by atoms with Crippen molar-refractivity contribution in [1.29, 1.82) is 0 Å². The van der Waals surface area contributed by atoms with Crippen LogP contribution in [0.4, 0.5) is 11.8 Å². The lowest BCUT2D eigenvalue weighted by Crippen LogP contribution is -2.34. The topological polar surface area (TPSA) is 70.2 Å². The van der Waals surface area contributed by atoms with Gasteiger partial charge in [-0.15, -0.1) is 0 Å². The summed E-state index contributed by atoms with van der Waals surface area (Å²) in [5, 5.41) is 7.76. The number of hydrogen-bond acceptors (Lipinski definition) is 5. The van der Waals surface area contributed by atoms with Gasteiger partial charge in [0, 0.05) is 37.6 Å². The van der Waals surface area contributed by atoms with Gasteiger partial charge in [0.2, 0.25) is 5.95 Å². The van der Waals surface area contributed by atoms with E-state index in [4.69, 9.17) is 9.97 Å². The highest BCUT2D eigenvalue weighted by atomic mass is 16.1. The summed E-state index contributed by atoms with van der Waals surface area (Å²) in [7, 11) is 4.02. The average Bonchev–Trinajstić information content (AvgIpc) is 2.83. The van der Waals surface area contributed by atoms with E-state index >= 15 is 0 Å². The Bertz CT molecular complexity index is 1070. The van der Waals surface area contributed by atoms with E-state index in [1.54, 1.807) is 0 Å². The number of anilines is 2. The molecule has 0 unspecified atom stereocenters. The summed E-state index contributed by atoms with van der Waals surface area (Å²) >= 11 is 0. The lowest BCUT2D eigenvalue weighted by Gasteiger charge is -2.29. The zero-order chi connectivity index (χ0) is 23.2. The molecule has 33 heavy (non-hydrogen) atoms. The Labute approximate surface area is 196 Å². The van der Waals surface area contributed by atoms with Crippen LogP contribution < -0.4 is 15.5 Å². The maximum absolute atomic E-state index is 12.5. The van der Waals surface area contributed by atoms with Crippen LogP contribution in [-0.4, -0.2) is 42.6 Å². The monoisotopic (exact) mass is 445 g/mol. The van der Waals surface area contributed by atoms with Gasteiger partial charge in [0.05, 0.1) is 5.52 Å².